The first-order valence-electron chi connectivity index (χ1n) is 9.06. The Morgan fingerprint density at radius 3 is 2.92 bits per heavy atom. The summed E-state index contributed by atoms with van der Waals surface area (Å²) in [5, 5.41) is 2.67. The molecule has 8 nitrogen and oxygen atoms in total. The van der Waals surface area contributed by atoms with Gasteiger partial charge in [0.2, 0.25) is 11.9 Å². The minimum absolute atomic E-state index is 0.0491. The number of methoxy groups -OCH3 is 1. The van der Waals surface area contributed by atoms with Crippen LogP contribution in [0.1, 0.15) is 36.4 Å². The predicted molar refractivity (Wildman–Crippen MR) is 95.5 cm³/mol. The van der Waals surface area contributed by atoms with E-state index in [1.807, 2.05) is 0 Å². The zero-order valence-electron chi connectivity index (χ0n) is 14.8. The van der Waals surface area contributed by atoms with Gasteiger partial charge in [-0.3, -0.25) is 4.79 Å². The highest BCUT2D eigenvalue weighted by Crippen LogP contribution is 2.39. The van der Waals surface area contributed by atoms with Gasteiger partial charge in [-0.2, -0.15) is 0 Å². The van der Waals surface area contributed by atoms with Crippen LogP contribution >= 0.6 is 0 Å². The van der Waals surface area contributed by atoms with Gasteiger partial charge in [-0.1, -0.05) is 0 Å². The Bertz CT molecular complexity index is 809. The van der Waals surface area contributed by atoms with Gasteiger partial charge in [-0.05, 0) is 18.8 Å². The van der Waals surface area contributed by atoms with E-state index in [1.54, 1.807) is 18.2 Å². The second kappa shape index (κ2) is 6.77. The average molecular weight is 380 g/mol. The van der Waals surface area contributed by atoms with E-state index < -0.39 is 15.1 Å². The number of nitrogens with zero attached hydrogens (tertiary/aromatic N) is 3. The highest BCUT2D eigenvalue weighted by Gasteiger charge is 2.48. The van der Waals surface area contributed by atoms with E-state index in [1.165, 1.54) is 12.8 Å². The number of fused-ring (bicyclic) bond motifs is 3. The molecule has 0 spiro atoms. The van der Waals surface area contributed by atoms with Crippen molar-refractivity contribution in [2.45, 2.75) is 36.2 Å². The summed E-state index contributed by atoms with van der Waals surface area (Å²) in [6.45, 7) is 1.82. The molecule has 4 rings (SSSR count). The van der Waals surface area contributed by atoms with Crippen LogP contribution in [0.2, 0.25) is 0 Å². The van der Waals surface area contributed by atoms with E-state index in [-0.39, 0.29) is 30.5 Å². The van der Waals surface area contributed by atoms with Gasteiger partial charge in [0, 0.05) is 44.4 Å². The minimum atomic E-state index is -3.31. The van der Waals surface area contributed by atoms with Crippen LogP contribution in [0.4, 0.5) is 5.95 Å². The number of aromatic nitrogens is 2. The van der Waals surface area contributed by atoms with Gasteiger partial charge < -0.3 is 15.0 Å². The zero-order chi connectivity index (χ0) is 18.3. The van der Waals surface area contributed by atoms with Crippen molar-refractivity contribution in [1.82, 2.24) is 14.9 Å². The van der Waals surface area contributed by atoms with Crippen LogP contribution in [0.25, 0.3) is 0 Å². The van der Waals surface area contributed by atoms with Crippen LogP contribution in [0, 0.1) is 5.92 Å². The van der Waals surface area contributed by atoms with Crippen LogP contribution < -0.4 is 5.32 Å². The topological polar surface area (TPSA) is 101 Å². The smallest absolute Gasteiger partial charge is 0.224 e. The largest absolute Gasteiger partial charge is 0.384 e. The van der Waals surface area contributed by atoms with E-state index in [4.69, 9.17) is 4.74 Å². The summed E-state index contributed by atoms with van der Waals surface area (Å²) >= 11 is 0. The van der Waals surface area contributed by atoms with Crippen molar-refractivity contribution in [2.24, 2.45) is 5.92 Å². The fourth-order valence-corrected chi connectivity index (χ4v) is 5.76. The number of hydrogen-bond acceptors (Lipinski definition) is 7. The molecule has 1 N–H and O–H groups in total. The first-order valence-corrected chi connectivity index (χ1v) is 10.8. The fourth-order valence-electron chi connectivity index (χ4n) is 3.77. The summed E-state index contributed by atoms with van der Waals surface area (Å²) in [5.74, 6) is 0.854. The van der Waals surface area contributed by atoms with E-state index in [2.05, 4.69) is 15.3 Å². The number of anilines is 1. The number of sulfone groups is 1. The Morgan fingerprint density at radius 2 is 2.19 bits per heavy atom. The molecule has 142 valence electrons. The molecule has 1 saturated heterocycles. The van der Waals surface area contributed by atoms with Gasteiger partial charge in [0.25, 0.3) is 0 Å². The van der Waals surface area contributed by atoms with Crippen LogP contribution in [-0.4, -0.2) is 67.8 Å². The Balaban J connectivity index is 1.57. The molecule has 1 saturated carbocycles. The lowest BCUT2D eigenvalue weighted by atomic mass is 10.00. The van der Waals surface area contributed by atoms with Gasteiger partial charge in [0.05, 0.1) is 29.7 Å². The number of amides is 1. The molecule has 0 unspecified atom stereocenters. The molecule has 1 aromatic heterocycles. The SMILES string of the molecule is COCCC(=O)N1C[C@@H]2c3nc(NCC4CC4)ncc3CS(=O)(=O)[C@@H]2C1. The summed E-state index contributed by atoms with van der Waals surface area (Å²) < 4.78 is 30.3. The van der Waals surface area contributed by atoms with Gasteiger partial charge in [-0.15, -0.1) is 0 Å². The monoisotopic (exact) mass is 380 g/mol. The second-order valence-corrected chi connectivity index (χ2v) is 9.64. The molecule has 26 heavy (non-hydrogen) atoms. The molecule has 1 aliphatic carbocycles. The Hall–Kier alpha value is -1.74. The Morgan fingerprint density at radius 1 is 1.38 bits per heavy atom. The number of rotatable bonds is 6. The van der Waals surface area contributed by atoms with Gasteiger partial charge >= 0.3 is 0 Å². The maximum Gasteiger partial charge on any atom is 0.224 e. The number of carbonyl (C=O) groups is 1. The Labute approximate surface area is 153 Å². The van der Waals surface area contributed by atoms with Gasteiger partial charge in [0.1, 0.15) is 0 Å². The molecule has 2 fully saturated rings. The first kappa shape index (κ1) is 17.7. The van der Waals surface area contributed by atoms with Crippen molar-refractivity contribution in [1.29, 1.82) is 0 Å². The average Bonchev–Trinajstić information content (AvgIpc) is 3.32. The van der Waals surface area contributed by atoms with Crippen molar-refractivity contribution in [3.05, 3.63) is 17.5 Å². The predicted octanol–water partition coefficient (Wildman–Crippen LogP) is 0.558. The summed E-state index contributed by atoms with van der Waals surface area (Å²) in [6, 6.07) is 0. The van der Waals surface area contributed by atoms with Crippen molar-refractivity contribution in [2.75, 3.05) is 38.7 Å². The van der Waals surface area contributed by atoms with Crippen LogP contribution in [0.3, 0.4) is 0 Å². The summed E-state index contributed by atoms with van der Waals surface area (Å²) in [6.07, 6.45) is 4.36. The molecule has 3 heterocycles. The minimum Gasteiger partial charge on any atom is -0.384 e. The lowest BCUT2D eigenvalue weighted by Crippen LogP contribution is -2.36. The fraction of sp³-hybridized carbons (Fsp3) is 0.706. The first-order chi connectivity index (χ1) is 12.5. The molecule has 1 amide bonds. The molecule has 0 bridgehead atoms. The third-order valence-electron chi connectivity index (χ3n) is 5.45. The van der Waals surface area contributed by atoms with Gasteiger partial charge in [0.15, 0.2) is 9.84 Å². The maximum atomic E-state index is 12.7. The molecule has 3 aliphatic rings. The van der Waals surface area contributed by atoms with Crippen molar-refractivity contribution >= 4 is 21.7 Å². The van der Waals surface area contributed by atoms with Crippen molar-refractivity contribution < 1.29 is 17.9 Å². The number of ether oxygens (including phenoxy) is 1. The lowest BCUT2D eigenvalue weighted by molar-refractivity contribution is -0.131. The highest BCUT2D eigenvalue weighted by atomic mass is 32.2. The highest BCUT2D eigenvalue weighted by molar-refractivity contribution is 7.91. The van der Waals surface area contributed by atoms with E-state index in [0.717, 1.165) is 12.2 Å². The summed E-state index contributed by atoms with van der Waals surface area (Å²) in [7, 11) is -1.77. The molecule has 9 heteroatoms. The third kappa shape index (κ3) is 3.42. The van der Waals surface area contributed by atoms with Crippen LogP contribution in [0.5, 0.6) is 0 Å². The number of likely N-dealkylation sites (tertiary alicyclic amines) is 1. The summed E-state index contributed by atoms with van der Waals surface area (Å²) in [4.78, 5) is 22.9. The standard InChI is InChI=1S/C17H24N4O4S/c1-25-5-4-15(22)21-8-13-14(9-21)26(23,24)10-12-7-19-17(20-16(12)13)18-6-11-2-3-11/h7,11,13-14H,2-6,8-10H2,1H3,(H,18,19,20)/t13-,14+/m0/s1. The van der Waals surface area contributed by atoms with E-state index >= 15 is 0 Å². The van der Waals surface area contributed by atoms with Gasteiger partial charge in [-0.25, -0.2) is 18.4 Å². The van der Waals surface area contributed by atoms with Crippen LogP contribution in [0.15, 0.2) is 6.20 Å². The number of carbonyl (C=O) groups excluding carboxylic acids is 1. The second-order valence-electron chi connectivity index (χ2n) is 7.42. The molecular formula is C17H24N4O4S. The molecule has 0 radical (unpaired) electrons. The molecule has 2 atom stereocenters. The normalized spacial score (nSPS) is 26.3. The Kier molecular flexibility index (Phi) is 4.60. The molecular weight excluding hydrogens is 356 g/mol. The number of nitrogens with one attached hydrogen (secondary N) is 1. The molecule has 0 aromatic carbocycles. The lowest BCUT2D eigenvalue weighted by Gasteiger charge is -2.26. The third-order valence-corrected chi connectivity index (χ3v) is 7.57. The zero-order valence-corrected chi connectivity index (χ0v) is 15.7. The van der Waals surface area contributed by atoms with Crippen molar-refractivity contribution in [3.8, 4) is 0 Å². The van der Waals surface area contributed by atoms with Crippen LogP contribution in [-0.2, 0) is 25.1 Å². The molecule has 2 aliphatic heterocycles. The van der Waals surface area contributed by atoms with E-state index in [9.17, 15) is 13.2 Å². The van der Waals surface area contributed by atoms with E-state index in [0.29, 0.717) is 30.6 Å². The summed E-state index contributed by atoms with van der Waals surface area (Å²) in [5.41, 5.74) is 1.44. The maximum absolute atomic E-state index is 12.7. The number of hydrogen-bond donors (Lipinski definition) is 1. The van der Waals surface area contributed by atoms with Crippen molar-refractivity contribution in [3.63, 3.8) is 0 Å². The molecule has 1 aromatic rings. The quantitative estimate of drug-likeness (QED) is 0.769.